The highest BCUT2D eigenvalue weighted by Crippen LogP contribution is 2.51. The van der Waals surface area contributed by atoms with Gasteiger partial charge in [0.1, 0.15) is 5.60 Å². The Morgan fingerprint density at radius 1 is 1.22 bits per heavy atom. The van der Waals surface area contributed by atoms with Crippen LogP contribution in [0.3, 0.4) is 0 Å². The van der Waals surface area contributed by atoms with Crippen LogP contribution in [0.2, 0.25) is 0 Å². The van der Waals surface area contributed by atoms with Gasteiger partial charge < -0.3 is 5.11 Å². The van der Waals surface area contributed by atoms with Gasteiger partial charge in [0, 0.05) is 0 Å². The third kappa shape index (κ3) is 1.24. The minimum absolute atomic E-state index is 0.628. The zero-order valence-electron chi connectivity index (χ0n) is 10.2. The fraction of sp³-hybridized carbons (Fsp3) is 0.357. The first-order chi connectivity index (χ1) is 8.50. The Morgan fingerprint density at radius 3 is 2.44 bits per heavy atom. The molecule has 1 aromatic rings. The minimum Gasteiger partial charge on any atom is -0.481 e. The van der Waals surface area contributed by atoms with E-state index >= 15 is 0 Å². The Bertz CT molecular complexity index is 550. The molecule has 3 atom stereocenters. The summed E-state index contributed by atoms with van der Waals surface area (Å²) in [5, 5.41) is 9.27. The average molecular weight is 246 g/mol. The van der Waals surface area contributed by atoms with Crippen LogP contribution >= 0.6 is 0 Å². The number of carbonyl (C=O) groups is 1. The van der Waals surface area contributed by atoms with Gasteiger partial charge in [0.15, 0.2) is 5.60 Å². The Labute approximate surface area is 105 Å². The van der Waals surface area contributed by atoms with E-state index in [9.17, 15) is 9.90 Å². The molecule has 0 saturated heterocycles. The van der Waals surface area contributed by atoms with E-state index in [0.29, 0.717) is 0 Å². The number of hydrogen-bond donors (Lipinski definition) is 1. The molecule has 0 unspecified atom stereocenters. The van der Waals surface area contributed by atoms with Crippen molar-refractivity contribution < 1.29 is 19.7 Å². The lowest BCUT2D eigenvalue weighted by Gasteiger charge is -2.48. The summed E-state index contributed by atoms with van der Waals surface area (Å²) in [6.07, 6.45) is 3.68. The largest absolute Gasteiger partial charge is 0.481 e. The van der Waals surface area contributed by atoms with Gasteiger partial charge in [-0.05, 0) is 37.1 Å². The monoisotopic (exact) mass is 246 g/mol. The standard InChI is InChI=1S/C14H14O4/c1-9(12(15)16)14-8-7-13(2,17-18-14)10-5-3-4-6-11(10)14/h3-9H,1-2H3,(H,15,16)/t9-,13+,14+/m0/s1. The van der Waals surface area contributed by atoms with Crippen molar-refractivity contribution in [1.82, 2.24) is 0 Å². The summed E-state index contributed by atoms with van der Waals surface area (Å²) in [7, 11) is 0. The summed E-state index contributed by atoms with van der Waals surface area (Å²) < 4.78 is 0. The molecule has 4 nitrogen and oxygen atoms in total. The molecule has 0 saturated carbocycles. The molecule has 2 heterocycles. The van der Waals surface area contributed by atoms with Crippen molar-refractivity contribution in [3.63, 3.8) is 0 Å². The van der Waals surface area contributed by atoms with E-state index in [0.717, 1.165) is 11.1 Å². The molecule has 3 aliphatic rings. The van der Waals surface area contributed by atoms with Crippen LogP contribution in [0.5, 0.6) is 0 Å². The predicted octanol–water partition coefficient (Wildman–Crippen LogP) is 2.35. The lowest BCUT2D eigenvalue weighted by atomic mass is 9.71. The van der Waals surface area contributed by atoms with Crippen LogP contribution in [0.1, 0.15) is 25.0 Å². The SMILES string of the molecule is C[C@@H](C(=O)O)[C@@]12C=C[C@@](C)(OO1)c1ccccc12. The fourth-order valence-corrected chi connectivity index (χ4v) is 2.65. The molecule has 2 aliphatic heterocycles. The molecule has 0 spiro atoms. The fourth-order valence-electron chi connectivity index (χ4n) is 2.65. The van der Waals surface area contributed by atoms with Crippen molar-refractivity contribution in [3.8, 4) is 0 Å². The topological polar surface area (TPSA) is 55.8 Å². The van der Waals surface area contributed by atoms with E-state index in [1.54, 1.807) is 13.0 Å². The summed E-state index contributed by atoms with van der Waals surface area (Å²) in [5.74, 6) is -1.64. The van der Waals surface area contributed by atoms with Crippen LogP contribution in [0, 0.1) is 5.92 Å². The van der Waals surface area contributed by atoms with Gasteiger partial charge in [-0.3, -0.25) is 4.79 Å². The van der Waals surface area contributed by atoms with E-state index in [1.807, 2.05) is 37.3 Å². The molecule has 0 fully saturated rings. The van der Waals surface area contributed by atoms with Crippen molar-refractivity contribution in [3.05, 3.63) is 47.5 Å². The number of aliphatic carboxylic acids is 1. The van der Waals surface area contributed by atoms with Gasteiger partial charge in [0.25, 0.3) is 0 Å². The molecule has 4 heteroatoms. The lowest BCUT2D eigenvalue weighted by Crippen LogP contribution is -2.50. The maximum absolute atomic E-state index is 11.3. The first kappa shape index (κ1) is 11.4. The first-order valence-corrected chi connectivity index (χ1v) is 5.90. The van der Waals surface area contributed by atoms with Gasteiger partial charge in [-0.25, -0.2) is 9.78 Å². The zero-order valence-corrected chi connectivity index (χ0v) is 10.2. The Morgan fingerprint density at radius 2 is 1.89 bits per heavy atom. The summed E-state index contributed by atoms with van der Waals surface area (Å²) in [6, 6.07) is 7.65. The smallest absolute Gasteiger partial charge is 0.309 e. The number of rotatable bonds is 2. The third-order valence-corrected chi connectivity index (χ3v) is 3.90. The molecule has 18 heavy (non-hydrogen) atoms. The molecule has 1 N–H and O–H groups in total. The highest BCUT2D eigenvalue weighted by atomic mass is 17.2. The summed E-state index contributed by atoms with van der Waals surface area (Å²) in [4.78, 5) is 22.2. The van der Waals surface area contributed by atoms with E-state index in [1.165, 1.54) is 0 Å². The highest BCUT2D eigenvalue weighted by Gasteiger charge is 2.54. The first-order valence-electron chi connectivity index (χ1n) is 5.90. The second-order valence-corrected chi connectivity index (χ2v) is 5.01. The van der Waals surface area contributed by atoms with Crippen LogP contribution in [-0.2, 0) is 25.8 Å². The number of fused-ring (bicyclic) bond motifs is 1. The van der Waals surface area contributed by atoms with Crippen molar-refractivity contribution in [2.45, 2.75) is 25.0 Å². The molecule has 0 radical (unpaired) electrons. The second-order valence-electron chi connectivity index (χ2n) is 5.01. The number of carboxylic acid groups (broad SMARTS) is 1. The van der Waals surface area contributed by atoms with Crippen molar-refractivity contribution in [2.24, 2.45) is 5.92 Å². The summed E-state index contributed by atoms with van der Waals surface area (Å²) in [5.41, 5.74) is 0.180. The molecule has 94 valence electrons. The van der Waals surface area contributed by atoms with Crippen molar-refractivity contribution >= 4 is 5.97 Å². The minimum atomic E-state index is -1.03. The molecule has 2 bridgehead atoms. The number of carboxylic acids is 1. The van der Waals surface area contributed by atoms with Gasteiger partial charge in [-0.15, -0.1) is 0 Å². The second kappa shape index (κ2) is 3.43. The van der Waals surface area contributed by atoms with Crippen LogP contribution in [0.15, 0.2) is 36.4 Å². The molecular weight excluding hydrogens is 232 g/mol. The molecular formula is C14H14O4. The third-order valence-electron chi connectivity index (χ3n) is 3.90. The van der Waals surface area contributed by atoms with E-state index in [-0.39, 0.29) is 0 Å². The van der Waals surface area contributed by atoms with Crippen LogP contribution in [0.25, 0.3) is 0 Å². The summed E-state index contributed by atoms with van der Waals surface area (Å²) in [6.45, 7) is 3.53. The van der Waals surface area contributed by atoms with E-state index in [4.69, 9.17) is 9.78 Å². The van der Waals surface area contributed by atoms with Crippen LogP contribution in [0.4, 0.5) is 0 Å². The highest BCUT2D eigenvalue weighted by molar-refractivity contribution is 5.73. The van der Waals surface area contributed by atoms with Crippen molar-refractivity contribution in [1.29, 1.82) is 0 Å². The normalized spacial score (nSPS) is 34.1. The maximum Gasteiger partial charge on any atom is 0.309 e. The lowest BCUT2D eigenvalue weighted by molar-refractivity contribution is -0.425. The van der Waals surface area contributed by atoms with Gasteiger partial charge >= 0.3 is 5.97 Å². The molecule has 4 rings (SSSR count). The van der Waals surface area contributed by atoms with Gasteiger partial charge in [0.2, 0.25) is 0 Å². The molecule has 0 aromatic heterocycles. The van der Waals surface area contributed by atoms with Gasteiger partial charge in [-0.1, -0.05) is 24.3 Å². The van der Waals surface area contributed by atoms with E-state index in [2.05, 4.69) is 0 Å². The number of benzene rings is 1. The van der Waals surface area contributed by atoms with E-state index < -0.39 is 23.1 Å². The average Bonchev–Trinajstić information content (AvgIpc) is 2.39. The summed E-state index contributed by atoms with van der Waals surface area (Å²) >= 11 is 0. The van der Waals surface area contributed by atoms with Crippen LogP contribution < -0.4 is 0 Å². The Balaban J connectivity index is 2.24. The molecule has 1 aliphatic carbocycles. The van der Waals surface area contributed by atoms with Crippen molar-refractivity contribution in [2.75, 3.05) is 0 Å². The quantitative estimate of drug-likeness (QED) is 0.643. The Hall–Kier alpha value is -1.65. The van der Waals surface area contributed by atoms with Crippen LogP contribution in [-0.4, -0.2) is 11.1 Å². The predicted molar refractivity (Wildman–Crippen MR) is 63.6 cm³/mol. The number of hydrogen-bond acceptors (Lipinski definition) is 3. The zero-order chi connectivity index (χ0) is 13.0. The Kier molecular flexibility index (Phi) is 2.18. The van der Waals surface area contributed by atoms with Gasteiger partial charge in [0.05, 0.1) is 5.92 Å². The molecule has 0 amide bonds. The van der Waals surface area contributed by atoms with Gasteiger partial charge in [-0.2, -0.15) is 0 Å². The maximum atomic E-state index is 11.3. The molecule has 1 aromatic carbocycles.